The van der Waals surface area contributed by atoms with Crippen LogP contribution in [0.15, 0.2) is 35.1 Å². The minimum atomic E-state index is -3.26. The van der Waals surface area contributed by atoms with Gasteiger partial charge in [0, 0.05) is 13.1 Å². The third-order valence-corrected chi connectivity index (χ3v) is 5.05. The molecule has 0 unspecified atom stereocenters. The van der Waals surface area contributed by atoms with E-state index in [1.54, 1.807) is 12.1 Å². The molecule has 1 fully saturated rings. The van der Waals surface area contributed by atoms with Crippen molar-refractivity contribution in [3.63, 3.8) is 0 Å². The summed E-state index contributed by atoms with van der Waals surface area (Å²) in [6.45, 7) is 0.739. The molecule has 1 aromatic carbocycles. The summed E-state index contributed by atoms with van der Waals surface area (Å²) in [5.41, 5.74) is 0.279. The molecule has 3 rings (SSSR count). The second-order valence-corrected chi connectivity index (χ2v) is 7.35. The van der Waals surface area contributed by atoms with Gasteiger partial charge < -0.3 is 0 Å². The van der Waals surface area contributed by atoms with Crippen LogP contribution in [0.1, 0.15) is 18.9 Å². The fourth-order valence-electron chi connectivity index (χ4n) is 2.64. The van der Waals surface area contributed by atoms with Crippen LogP contribution in [-0.2, 0) is 10.0 Å². The molecule has 0 saturated carbocycles. The number of sulfonamides is 1. The van der Waals surface area contributed by atoms with Crippen molar-refractivity contribution < 1.29 is 8.42 Å². The standard InChI is InChI=1S/C13H17N5O3S/c1-22(20,21)16-9-5-8-12(10-16)18-13(19)17(14-15-18)11-6-3-2-4-7-11/h2-4,6-7,12H,5,8-10H2,1H3/t12-/m1/s1. The van der Waals surface area contributed by atoms with Gasteiger partial charge in [-0.3, -0.25) is 0 Å². The van der Waals surface area contributed by atoms with E-state index in [9.17, 15) is 13.2 Å². The van der Waals surface area contributed by atoms with Gasteiger partial charge in [0.05, 0.1) is 18.0 Å². The predicted octanol–water partition coefficient (Wildman–Crippen LogP) is 0.0255. The van der Waals surface area contributed by atoms with E-state index in [0.29, 0.717) is 25.1 Å². The fourth-order valence-corrected chi connectivity index (χ4v) is 3.54. The lowest BCUT2D eigenvalue weighted by Crippen LogP contribution is -2.42. The maximum atomic E-state index is 12.5. The average Bonchev–Trinajstić information content (AvgIpc) is 2.89. The van der Waals surface area contributed by atoms with Gasteiger partial charge in [-0.05, 0) is 35.4 Å². The average molecular weight is 323 g/mol. The summed E-state index contributed by atoms with van der Waals surface area (Å²) in [4.78, 5) is 12.5. The van der Waals surface area contributed by atoms with Crippen LogP contribution in [0.4, 0.5) is 0 Å². The number of hydrogen-bond acceptors (Lipinski definition) is 5. The van der Waals surface area contributed by atoms with Crippen molar-refractivity contribution >= 4 is 10.0 Å². The normalized spacial score (nSPS) is 20.1. The Bertz CT molecular complexity index is 812. The van der Waals surface area contributed by atoms with Crippen molar-refractivity contribution in [3.05, 3.63) is 40.8 Å². The topological polar surface area (TPSA) is 90.1 Å². The van der Waals surface area contributed by atoms with Crippen LogP contribution in [0.3, 0.4) is 0 Å². The second kappa shape index (κ2) is 5.65. The van der Waals surface area contributed by atoms with Crippen LogP contribution in [0.25, 0.3) is 5.69 Å². The molecular weight excluding hydrogens is 306 g/mol. The lowest BCUT2D eigenvalue weighted by molar-refractivity contribution is 0.248. The summed E-state index contributed by atoms with van der Waals surface area (Å²) in [5.74, 6) is 0. The highest BCUT2D eigenvalue weighted by Crippen LogP contribution is 2.21. The number of piperidine rings is 1. The molecule has 22 heavy (non-hydrogen) atoms. The Morgan fingerprint density at radius 1 is 1.18 bits per heavy atom. The van der Waals surface area contributed by atoms with Crippen molar-refractivity contribution in [2.24, 2.45) is 0 Å². The molecule has 1 aliphatic heterocycles. The van der Waals surface area contributed by atoms with Gasteiger partial charge in [0.15, 0.2) is 0 Å². The molecule has 0 spiro atoms. The summed E-state index contributed by atoms with van der Waals surface area (Å²) >= 11 is 0. The number of aromatic nitrogens is 4. The maximum Gasteiger partial charge on any atom is 0.368 e. The lowest BCUT2D eigenvalue weighted by atomic mass is 10.1. The highest BCUT2D eigenvalue weighted by atomic mass is 32.2. The number of rotatable bonds is 3. The molecular formula is C13H17N5O3S. The summed E-state index contributed by atoms with van der Waals surface area (Å²) < 4.78 is 27.2. The molecule has 1 saturated heterocycles. The van der Waals surface area contributed by atoms with Crippen molar-refractivity contribution in [2.45, 2.75) is 18.9 Å². The van der Waals surface area contributed by atoms with Gasteiger partial charge in [-0.15, -0.1) is 0 Å². The summed E-state index contributed by atoms with van der Waals surface area (Å²) in [6, 6.07) is 8.73. The lowest BCUT2D eigenvalue weighted by Gasteiger charge is -2.29. The van der Waals surface area contributed by atoms with E-state index < -0.39 is 10.0 Å². The minimum absolute atomic E-state index is 0.256. The zero-order valence-corrected chi connectivity index (χ0v) is 13.0. The van der Waals surface area contributed by atoms with Crippen LogP contribution in [0.5, 0.6) is 0 Å². The smallest absolute Gasteiger partial charge is 0.244 e. The maximum absolute atomic E-state index is 12.5. The van der Waals surface area contributed by atoms with E-state index >= 15 is 0 Å². The predicted molar refractivity (Wildman–Crippen MR) is 80.3 cm³/mol. The van der Waals surface area contributed by atoms with Gasteiger partial charge in [-0.1, -0.05) is 18.2 Å². The summed E-state index contributed by atoms with van der Waals surface area (Å²) in [7, 11) is -3.26. The Morgan fingerprint density at radius 2 is 1.91 bits per heavy atom. The molecule has 0 bridgehead atoms. The Balaban J connectivity index is 1.90. The van der Waals surface area contributed by atoms with Gasteiger partial charge >= 0.3 is 5.69 Å². The van der Waals surface area contributed by atoms with Gasteiger partial charge in [-0.25, -0.2) is 17.5 Å². The van der Waals surface area contributed by atoms with Crippen molar-refractivity contribution in [1.82, 2.24) is 24.1 Å². The van der Waals surface area contributed by atoms with E-state index in [0.717, 1.165) is 0 Å². The Morgan fingerprint density at radius 3 is 2.59 bits per heavy atom. The number of hydrogen-bond donors (Lipinski definition) is 0. The van der Waals surface area contributed by atoms with E-state index in [2.05, 4.69) is 10.4 Å². The molecule has 0 radical (unpaired) electrons. The number of nitrogens with zero attached hydrogens (tertiary/aromatic N) is 5. The zero-order chi connectivity index (χ0) is 15.7. The second-order valence-electron chi connectivity index (χ2n) is 5.37. The fraction of sp³-hybridized carbons (Fsp3) is 0.462. The monoisotopic (exact) mass is 323 g/mol. The Hall–Kier alpha value is -2.00. The van der Waals surface area contributed by atoms with E-state index in [1.807, 2.05) is 18.2 Å². The summed E-state index contributed by atoms with van der Waals surface area (Å²) in [5, 5.41) is 7.83. The minimum Gasteiger partial charge on any atom is -0.244 e. The Labute approximate surface area is 128 Å². The third-order valence-electron chi connectivity index (χ3n) is 3.78. The Kier molecular flexibility index (Phi) is 3.83. The molecule has 8 nitrogen and oxygen atoms in total. The molecule has 0 N–H and O–H groups in total. The molecule has 0 aliphatic carbocycles. The van der Waals surface area contributed by atoms with E-state index in [4.69, 9.17) is 0 Å². The molecule has 0 amide bonds. The number of benzene rings is 1. The third kappa shape index (κ3) is 2.81. The SMILES string of the molecule is CS(=O)(=O)N1CCC[C@@H](n2nnn(-c3ccccc3)c2=O)C1. The first-order valence-corrected chi connectivity index (χ1v) is 8.87. The van der Waals surface area contributed by atoms with Crippen LogP contribution in [-0.4, -0.2) is 51.9 Å². The van der Waals surface area contributed by atoms with Crippen LogP contribution < -0.4 is 5.69 Å². The van der Waals surface area contributed by atoms with Gasteiger partial charge in [0.2, 0.25) is 10.0 Å². The number of para-hydroxylation sites is 1. The van der Waals surface area contributed by atoms with Crippen molar-refractivity contribution in [2.75, 3.05) is 19.3 Å². The molecule has 2 aromatic rings. The van der Waals surface area contributed by atoms with Gasteiger partial charge in [0.1, 0.15) is 0 Å². The van der Waals surface area contributed by atoms with Crippen LogP contribution >= 0.6 is 0 Å². The van der Waals surface area contributed by atoms with Crippen LogP contribution in [0, 0.1) is 0 Å². The van der Waals surface area contributed by atoms with Crippen molar-refractivity contribution in [1.29, 1.82) is 0 Å². The molecule has 1 atom stereocenters. The van der Waals surface area contributed by atoms with Crippen LogP contribution in [0.2, 0.25) is 0 Å². The molecule has 2 heterocycles. The largest absolute Gasteiger partial charge is 0.368 e. The molecule has 1 aliphatic rings. The van der Waals surface area contributed by atoms with E-state index in [1.165, 1.54) is 19.9 Å². The van der Waals surface area contributed by atoms with Gasteiger partial charge in [-0.2, -0.15) is 9.36 Å². The number of tetrazole rings is 1. The molecule has 9 heteroatoms. The highest BCUT2D eigenvalue weighted by Gasteiger charge is 2.29. The highest BCUT2D eigenvalue weighted by molar-refractivity contribution is 7.88. The van der Waals surface area contributed by atoms with Gasteiger partial charge in [0.25, 0.3) is 0 Å². The first kappa shape index (κ1) is 14.9. The quantitative estimate of drug-likeness (QED) is 0.794. The zero-order valence-electron chi connectivity index (χ0n) is 12.2. The molecule has 1 aromatic heterocycles. The van der Waals surface area contributed by atoms with Crippen molar-refractivity contribution in [3.8, 4) is 5.69 Å². The van der Waals surface area contributed by atoms with E-state index in [-0.39, 0.29) is 18.3 Å². The summed E-state index contributed by atoms with van der Waals surface area (Å²) in [6.07, 6.45) is 2.58. The molecule has 118 valence electrons. The first-order chi connectivity index (χ1) is 10.5. The first-order valence-electron chi connectivity index (χ1n) is 7.02.